The van der Waals surface area contributed by atoms with Gasteiger partial charge in [-0.25, -0.2) is 0 Å². The van der Waals surface area contributed by atoms with Crippen LogP contribution in [0.4, 0.5) is 5.69 Å². The van der Waals surface area contributed by atoms with Gasteiger partial charge >= 0.3 is 0 Å². The number of nitrogens with two attached hydrogens (primary N) is 1. The largest absolute Gasteiger partial charge is 0.399 e. The van der Waals surface area contributed by atoms with Crippen molar-refractivity contribution < 1.29 is 0 Å². The lowest BCUT2D eigenvalue weighted by Crippen LogP contribution is -2.08. The third-order valence-electron chi connectivity index (χ3n) is 3.37. The highest BCUT2D eigenvalue weighted by Crippen LogP contribution is 2.31. The molecule has 0 spiro atoms. The van der Waals surface area contributed by atoms with Crippen LogP contribution in [-0.2, 0) is 0 Å². The molecule has 1 aromatic rings. The summed E-state index contributed by atoms with van der Waals surface area (Å²) in [5, 5.41) is 0. The fraction of sp³-hybridized carbons (Fsp3) is 0.368. The first kappa shape index (κ1) is 16.3. The number of allylic oxidation sites excluding steroid dienone is 5. The molecule has 2 N–H and O–H groups in total. The van der Waals surface area contributed by atoms with E-state index in [0.717, 1.165) is 23.2 Å². The van der Waals surface area contributed by atoms with Crippen LogP contribution < -0.4 is 5.73 Å². The molecule has 108 valence electrons. The van der Waals surface area contributed by atoms with Crippen molar-refractivity contribution in [2.75, 3.05) is 5.73 Å². The normalized spacial score (nSPS) is 13.4. The zero-order chi connectivity index (χ0) is 15.3. The van der Waals surface area contributed by atoms with Crippen LogP contribution >= 0.6 is 0 Å². The molecule has 0 aliphatic heterocycles. The molecule has 0 saturated carbocycles. The Morgan fingerprint density at radius 3 is 2.45 bits per heavy atom. The smallest absolute Gasteiger partial charge is 0.0320 e. The van der Waals surface area contributed by atoms with Crippen LogP contribution in [0.25, 0.3) is 5.57 Å². The third-order valence-corrected chi connectivity index (χ3v) is 3.37. The van der Waals surface area contributed by atoms with Gasteiger partial charge in [0.05, 0.1) is 0 Å². The van der Waals surface area contributed by atoms with Crippen molar-refractivity contribution in [3.05, 3.63) is 59.7 Å². The molecule has 0 unspecified atom stereocenters. The van der Waals surface area contributed by atoms with Crippen molar-refractivity contribution in [3.8, 4) is 0 Å². The minimum absolute atomic E-state index is 0.146. The predicted molar refractivity (Wildman–Crippen MR) is 91.5 cm³/mol. The highest BCUT2D eigenvalue weighted by molar-refractivity contribution is 5.78. The van der Waals surface area contributed by atoms with E-state index in [1.54, 1.807) is 0 Å². The number of nitrogen functional groups attached to an aromatic ring is 1. The predicted octanol–water partition coefficient (Wildman–Crippen LogP) is 5.61. The van der Waals surface area contributed by atoms with Gasteiger partial charge in [0, 0.05) is 5.69 Å². The molecule has 1 heteroatoms. The molecule has 0 fully saturated rings. The molecule has 0 bridgehead atoms. The summed E-state index contributed by atoms with van der Waals surface area (Å²) >= 11 is 0. The Kier molecular flexibility index (Phi) is 5.38. The summed E-state index contributed by atoms with van der Waals surface area (Å²) in [4.78, 5) is 0. The molecule has 0 aromatic heterocycles. The highest BCUT2D eigenvalue weighted by atomic mass is 14.5. The van der Waals surface area contributed by atoms with Gasteiger partial charge in [0.25, 0.3) is 0 Å². The number of benzene rings is 1. The van der Waals surface area contributed by atoms with Gasteiger partial charge in [-0.2, -0.15) is 0 Å². The van der Waals surface area contributed by atoms with Crippen molar-refractivity contribution >= 4 is 11.3 Å². The van der Waals surface area contributed by atoms with Crippen LogP contribution in [0.3, 0.4) is 0 Å². The van der Waals surface area contributed by atoms with Gasteiger partial charge < -0.3 is 5.73 Å². The SMILES string of the molecule is C=C(/C(C)=C\C(=C/CC)C(C)(C)C)c1cccc(N)c1. The summed E-state index contributed by atoms with van der Waals surface area (Å²) in [7, 11) is 0. The fourth-order valence-electron chi connectivity index (χ4n) is 2.08. The molecule has 0 amide bonds. The molecule has 20 heavy (non-hydrogen) atoms. The van der Waals surface area contributed by atoms with Gasteiger partial charge in [-0.15, -0.1) is 0 Å². The Labute approximate surface area is 123 Å². The lowest BCUT2D eigenvalue weighted by molar-refractivity contribution is 0.514. The summed E-state index contributed by atoms with van der Waals surface area (Å²) in [6, 6.07) is 7.89. The highest BCUT2D eigenvalue weighted by Gasteiger charge is 2.15. The monoisotopic (exact) mass is 269 g/mol. The van der Waals surface area contributed by atoms with E-state index in [2.05, 4.69) is 59.4 Å². The Morgan fingerprint density at radius 2 is 1.95 bits per heavy atom. The molecule has 0 saturated heterocycles. The van der Waals surface area contributed by atoms with Gasteiger partial charge in [0.1, 0.15) is 0 Å². The van der Waals surface area contributed by atoms with E-state index in [4.69, 9.17) is 5.73 Å². The number of anilines is 1. The van der Waals surface area contributed by atoms with Gasteiger partial charge in [-0.05, 0) is 53.2 Å². The lowest BCUT2D eigenvalue weighted by Gasteiger charge is -2.22. The van der Waals surface area contributed by atoms with Crippen LogP contribution in [0.15, 0.2) is 54.1 Å². The van der Waals surface area contributed by atoms with E-state index >= 15 is 0 Å². The summed E-state index contributed by atoms with van der Waals surface area (Å²) in [5.74, 6) is 0. The molecule has 1 nitrogen and oxygen atoms in total. The summed E-state index contributed by atoms with van der Waals surface area (Å²) < 4.78 is 0. The van der Waals surface area contributed by atoms with Gasteiger partial charge in [-0.1, -0.05) is 58.6 Å². The van der Waals surface area contributed by atoms with E-state index in [-0.39, 0.29) is 5.41 Å². The van der Waals surface area contributed by atoms with Crippen molar-refractivity contribution in [1.82, 2.24) is 0 Å². The molecular formula is C19H27N. The van der Waals surface area contributed by atoms with E-state index < -0.39 is 0 Å². The fourth-order valence-corrected chi connectivity index (χ4v) is 2.08. The molecule has 0 aliphatic carbocycles. The number of rotatable bonds is 4. The van der Waals surface area contributed by atoms with Gasteiger partial charge in [0.15, 0.2) is 0 Å². The molecule has 0 radical (unpaired) electrons. The molecule has 1 rings (SSSR count). The Bertz CT molecular complexity index is 539. The van der Waals surface area contributed by atoms with Crippen molar-refractivity contribution in [2.45, 2.75) is 41.0 Å². The zero-order valence-corrected chi connectivity index (χ0v) is 13.5. The van der Waals surface area contributed by atoms with Crippen LogP contribution in [-0.4, -0.2) is 0 Å². The minimum Gasteiger partial charge on any atom is -0.399 e. The van der Waals surface area contributed by atoms with Crippen LogP contribution in [0, 0.1) is 5.41 Å². The Hall–Kier alpha value is -1.76. The van der Waals surface area contributed by atoms with Crippen LogP contribution in [0.1, 0.15) is 46.6 Å². The van der Waals surface area contributed by atoms with Crippen LogP contribution in [0.2, 0.25) is 0 Å². The summed E-state index contributed by atoms with van der Waals surface area (Å²) in [5.41, 5.74) is 11.4. The summed E-state index contributed by atoms with van der Waals surface area (Å²) in [6.45, 7) is 15.2. The minimum atomic E-state index is 0.146. The molecular weight excluding hydrogens is 242 g/mol. The summed E-state index contributed by atoms with van der Waals surface area (Å²) in [6.07, 6.45) is 5.58. The van der Waals surface area contributed by atoms with Gasteiger partial charge in [-0.3, -0.25) is 0 Å². The molecule has 0 heterocycles. The topological polar surface area (TPSA) is 26.0 Å². The standard InChI is InChI=1S/C19H27N/c1-7-9-17(19(4,5)6)12-14(2)15(3)16-10-8-11-18(20)13-16/h8-13H,3,7,20H2,1-2,4-6H3/b14-12-,17-9+. The Morgan fingerprint density at radius 1 is 1.30 bits per heavy atom. The average molecular weight is 269 g/mol. The maximum absolute atomic E-state index is 5.84. The van der Waals surface area contributed by atoms with Crippen molar-refractivity contribution in [3.63, 3.8) is 0 Å². The average Bonchev–Trinajstić information content (AvgIpc) is 2.36. The quantitative estimate of drug-likeness (QED) is 0.558. The first-order valence-electron chi connectivity index (χ1n) is 7.19. The van der Waals surface area contributed by atoms with E-state index in [0.29, 0.717) is 0 Å². The van der Waals surface area contributed by atoms with Crippen molar-refractivity contribution in [2.24, 2.45) is 5.41 Å². The molecule has 1 aromatic carbocycles. The molecule has 0 aliphatic rings. The van der Waals surface area contributed by atoms with E-state index in [9.17, 15) is 0 Å². The van der Waals surface area contributed by atoms with Crippen molar-refractivity contribution in [1.29, 1.82) is 0 Å². The lowest BCUT2D eigenvalue weighted by atomic mass is 9.83. The maximum atomic E-state index is 5.84. The first-order valence-corrected chi connectivity index (χ1v) is 7.19. The molecule has 0 atom stereocenters. The zero-order valence-electron chi connectivity index (χ0n) is 13.5. The van der Waals surface area contributed by atoms with E-state index in [1.807, 2.05) is 18.2 Å². The third kappa shape index (κ3) is 4.41. The maximum Gasteiger partial charge on any atom is 0.0320 e. The Balaban J connectivity index is 3.10. The second kappa shape index (κ2) is 6.60. The first-order chi connectivity index (χ1) is 9.25. The van der Waals surface area contributed by atoms with Gasteiger partial charge in [0.2, 0.25) is 0 Å². The second-order valence-corrected chi connectivity index (χ2v) is 6.25. The van der Waals surface area contributed by atoms with E-state index in [1.165, 1.54) is 11.1 Å². The number of hydrogen-bond acceptors (Lipinski definition) is 1. The number of hydrogen-bond donors (Lipinski definition) is 1. The van der Waals surface area contributed by atoms with Crippen LogP contribution in [0.5, 0.6) is 0 Å². The second-order valence-electron chi connectivity index (χ2n) is 6.25.